The molecular weight excluding hydrogens is 293 g/mol. The average molecular weight is 318 g/mol. The molecule has 1 aromatic carbocycles. The molecule has 1 fully saturated rings. The number of unbranched alkanes of at least 4 members (excludes halogenated alkanes) is 2. The molecule has 1 aromatic rings. The summed E-state index contributed by atoms with van der Waals surface area (Å²) < 4.78 is 19.2. The number of benzene rings is 1. The fourth-order valence-electron chi connectivity index (χ4n) is 3.02. The molecule has 0 unspecified atom stereocenters. The van der Waals surface area contributed by atoms with Gasteiger partial charge in [-0.15, -0.1) is 0 Å². The van der Waals surface area contributed by atoms with Crippen LogP contribution in [0.5, 0.6) is 5.75 Å². The van der Waals surface area contributed by atoms with Crippen molar-refractivity contribution in [1.29, 1.82) is 5.26 Å². The average Bonchev–Trinajstić information content (AvgIpc) is 2.54. The molecular formula is C18H25FNOSi. The van der Waals surface area contributed by atoms with Gasteiger partial charge in [0.2, 0.25) is 0 Å². The maximum absolute atomic E-state index is 13.5. The van der Waals surface area contributed by atoms with Crippen molar-refractivity contribution in [3.8, 4) is 11.8 Å². The first-order chi connectivity index (χ1) is 10.7. The maximum Gasteiger partial charge on any atom is 0.144 e. The molecule has 0 bridgehead atoms. The number of halogens is 1. The largest absolute Gasteiger partial charge is 0.493 e. The van der Waals surface area contributed by atoms with Gasteiger partial charge in [0.1, 0.15) is 17.6 Å². The second-order valence-corrected chi connectivity index (χ2v) is 9.21. The lowest BCUT2D eigenvalue weighted by Gasteiger charge is -2.27. The molecule has 1 aliphatic rings. The quantitative estimate of drug-likeness (QED) is 0.513. The van der Waals surface area contributed by atoms with E-state index >= 15 is 0 Å². The number of rotatable bonds is 7. The zero-order valence-electron chi connectivity index (χ0n) is 13.4. The van der Waals surface area contributed by atoms with Crippen LogP contribution in [-0.2, 0) is 0 Å². The van der Waals surface area contributed by atoms with Gasteiger partial charge in [-0.25, -0.2) is 4.39 Å². The van der Waals surface area contributed by atoms with Gasteiger partial charge in [-0.1, -0.05) is 44.3 Å². The van der Waals surface area contributed by atoms with Crippen molar-refractivity contribution < 1.29 is 9.13 Å². The maximum atomic E-state index is 13.5. The summed E-state index contributed by atoms with van der Waals surface area (Å²) in [6.45, 7) is 2.94. The molecule has 0 atom stereocenters. The van der Waals surface area contributed by atoms with E-state index in [1.54, 1.807) is 6.07 Å². The minimum Gasteiger partial charge on any atom is -0.493 e. The predicted molar refractivity (Wildman–Crippen MR) is 89.0 cm³/mol. The minimum atomic E-state index is -0.495. The fraction of sp³-hybridized carbons (Fsp3) is 0.611. The first kappa shape index (κ1) is 17.0. The van der Waals surface area contributed by atoms with Crippen LogP contribution in [0.3, 0.4) is 0 Å². The lowest BCUT2D eigenvalue weighted by molar-refractivity contribution is 0.235. The highest BCUT2D eigenvalue weighted by molar-refractivity contribution is 6.58. The van der Waals surface area contributed by atoms with E-state index in [9.17, 15) is 4.39 Å². The Hall–Kier alpha value is -1.34. The molecule has 4 heteroatoms. The number of nitriles is 1. The van der Waals surface area contributed by atoms with Crippen LogP contribution in [0.25, 0.3) is 0 Å². The first-order valence-corrected chi connectivity index (χ1v) is 10.5. The van der Waals surface area contributed by atoms with Gasteiger partial charge in [0, 0.05) is 14.9 Å². The van der Waals surface area contributed by atoms with Gasteiger partial charge in [0.05, 0.1) is 12.2 Å². The molecule has 1 radical (unpaired) electrons. The molecule has 1 aliphatic heterocycles. The van der Waals surface area contributed by atoms with Crippen LogP contribution in [0.1, 0.15) is 44.6 Å². The van der Waals surface area contributed by atoms with Gasteiger partial charge in [0.25, 0.3) is 0 Å². The van der Waals surface area contributed by atoms with Crippen LogP contribution in [0.15, 0.2) is 18.2 Å². The van der Waals surface area contributed by atoms with Gasteiger partial charge in [-0.05, 0) is 30.9 Å². The first-order valence-electron chi connectivity index (χ1n) is 8.39. The Kier molecular flexibility index (Phi) is 6.92. The van der Waals surface area contributed by atoms with Gasteiger partial charge < -0.3 is 4.74 Å². The molecule has 1 saturated heterocycles. The molecule has 0 aromatic heterocycles. The summed E-state index contributed by atoms with van der Waals surface area (Å²) in [6, 6.07) is 10.6. The predicted octanol–water partition coefficient (Wildman–Crippen LogP) is 5.17. The molecule has 2 nitrogen and oxygen atoms in total. The minimum absolute atomic E-state index is 0.0735. The summed E-state index contributed by atoms with van der Waals surface area (Å²) in [5, 5.41) is 8.72. The molecule has 0 aliphatic carbocycles. The number of nitrogens with zero attached hydrogens (tertiary/aromatic N) is 1. The SMILES string of the molecule is CCCCC[Si]1CCC(COc2ccc(C#N)c(F)c2)CC1. The van der Waals surface area contributed by atoms with Crippen molar-refractivity contribution in [1.82, 2.24) is 0 Å². The summed E-state index contributed by atoms with van der Waals surface area (Å²) >= 11 is 0. The molecule has 1 heterocycles. The number of hydrogen-bond donors (Lipinski definition) is 0. The third-order valence-corrected chi connectivity index (χ3v) is 7.55. The molecule has 0 spiro atoms. The summed E-state index contributed by atoms with van der Waals surface area (Å²) in [5.41, 5.74) is 0.0735. The smallest absolute Gasteiger partial charge is 0.144 e. The molecule has 22 heavy (non-hydrogen) atoms. The van der Waals surface area contributed by atoms with Crippen LogP contribution in [-0.4, -0.2) is 15.4 Å². The number of ether oxygens (including phenoxy) is 1. The van der Waals surface area contributed by atoms with E-state index in [-0.39, 0.29) is 14.4 Å². The Labute approximate surface area is 134 Å². The molecule has 2 rings (SSSR count). The van der Waals surface area contributed by atoms with Crippen molar-refractivity contribution in [3.63, 3.8) is 0 Å². The van der Waals surface area contributed by atoms with Crippen LogP contribution in [0, 0.1) is 23.1 Å². The normalized spacial score (nSPS) is 16.4. The third-order valence-electron chi connectivity index (χ3n) is 4.49. The highest BCUT2D eigenvalue weighted by Gasteiger charge is 2.22. The molecule has 0 N–H and O–H groups in total. The zero-order chi connectivity index (χ0) is 15.8. The second kappa shape index (κ2) is 8.95. The summed E-state index contributed by atoms with van der Waals surface area (Å²) in [7, 11) is -0.102. The topological polar surface area (TPSA) is 33.0 Å². The fourth-order valence-corrected chi connectivity index (χ4v) is 6.15. The van der Waals surface area contributed by atoms with Crippen molar-refractivity contribution in [2.75, 3.05) is 6.61 Å². The Bertz CT molecular complexity index is 506. The van der Waals surface area contributed by atoms with E-state index in [4.69, 9.17) is 10.00 Å². The van der Waals surface area contributed by atoms with E-state index in [1.807, 2.05) is 6.07 Å². The summed E-state index contributed by atoms with van der Waals surface area (Å²) in [4.78, 5) is 0. The second-order valence-electron chi connectivity index (χ2n) is 6.21. The molecule has 119 valence electrons. The Morgan fingerprint density at radius 2 is 2.09 bits per heavy atom. The molecule has 0 amide bonds. The Morgan fingerprint density at radius 1 is 1.32 bits per heavy atom. The van der Waals surface area contributed by atoms with Crippen LogP contribution in [0.2, 0.25) is 18.1 Å². The monoisotopic (exact) mass is 318 g/mol. The Balaban J connectivity index is 1.70. The third kappa shape index (κ3) is 5.13. The molecule has 0 saturated carbocycles. The summed E-state index contributed by atoms with van der Waals surface area (Å²) in [5.74, 6) is 0.652. The lowest BCUT2D eigenvalue weighted by atomic mass is 10.0. The van der Waals surface area contributed by atoms with Gasteiger partial charge in [0.15, 0.2) is 0 Å². The highest BCUT2D eigenvalue weighted by Crippen LogP contribution is 2.29. The van der Waals surface area contributed by atoms with Crippen molar-refractivity contribution >= 4 is 8.80 Å². The van der Waals surface area contributed by atoms with Gasteiger partial charge in [-0.3, -0.25) is 0 Å². The Morgan fingerprint density at radius 3 is 2.73 bits per heavy atom. The van der Waals surface area contributed by atoms with E-state index in [0.717, 1.165) is 0 Å². The van der Waals surface area contributed by atoms with Crippen molar-refractivity contribution in [2.45, 2.75) is 57.2 Å². The van der Waals surface area contributed by atoms with Crippen molar-refractivity contribution in [2.24, 2.45) is 5.92 Å². The van der Waals surface area contributed by atoms with E-state index < -0.39 is 5.82 Å². The number of hydrogen-bond acceptors (Lipinski definition) is 2. The van der Waals surface area contributed by atoms with Crippen LogP contribution >= 0.6 is 0 Å². The summed E-state index contributed by atoms with van der Waals surface area (Å²) in [6.07, 6.45) is 6.63. The highest BCUT2D eigenvalue weighted by atomic mass is 28.3. The van der Waals surface area contributed by atoms with Gasteiger partial charge in [-0.2, -0.15) is 5.26 Å². The van der Waals surface area contributed by atoms with E-state index in [0.29, 0.717) is 18.3 Å². The van der Waals surface area contributed by atoms with Crippen LogP contribution < -0.4 is 4.74 Å². The standard InChI is InChI=1S/C18H25FNOSi/c1-2-3-4-9-22-10-7-15(8-11-22)14-21-17-6-5-16(13-20)18(19)12-17/h5-6,12,15H,2-4,7-11,14H2,1H3. The lowest BCUT2D eigenvalue weighted by Crippen LogP contribution is -2.24. The van der Waals surface area contributed by atoms with Crippen LogP contribution in [0.4, 0.5) is 4.39 Å². The van der Waals surface area contributed by atoms with Crippen molar-refractivity contribution in [3.05, 3.63) is 29.6 Å². The van der Waals surface area contributed by atoms with Gasteiger partial charge >= 0.3 is 0 Å². The van der Waals surface area contributed by atoms with E-state index in [1.165, 1.54) is 62.4 Å². The van der Waals surface area contributed by atoms with E-state index in [2.05, 4.69) is 6.92 Å². The zero-order valence-corrected chi connectivity index (χ0v) is 14.4.